The Hall–Kier alpha value is -2.02. The molecule has 1 atom stereocenters. The third-order valence-electron chi connectivity index (χ3n) is 3.58. The summed E-state index contributed by atoms with van der Waals surface area (Å²) in [6.07, 6.45) is 1.08. The average molecular weight is 311 g/mol. The predicted octanol–water partition coefficient (Wildman–Crippen LogP) is 3.45. The summed E-state index contributed by atoms with van der Waals surface area (Å²) in [7, 11) is 0. The number of benzene rings is 1. The fourth-order valence-corrected chi connectivity index (χ4v) is 2.51. The lowest BCUT2D eigenvalue weighted by Crippen LogP contribution is -2.26. The van der Waals surface area contributed by atoms with Crippen molar-refractivity contribution in [3.8, 4) is 11.5 Å². The first-order valence-electron chi connectivity index (χ1n) is 7.12. The fourth-order valence-electron chi connectivity index (χ4n) is 2.51. The van der Waals surface area contributed by atoms with Gasteiger partial charge in [-0.15, -0.1) is 0 Å². The van der Waals surface area contributed by atoms with Crippen molar-refractivity contribution in [2.45, 2.75) is 31.6 Å². The van der Waals surface area contributed by atoms with Crippen LogP contribution in [0, 0.1) is 0 Å². The largest absolute Gasteiger partial charge is 0.454 e. The summed E-state index contributed by atoms with van der Waals surface area (Å²) in [6.45, 7) is 1.74. The Morgan fingerprint density at radius 2 is 2.18 bits per heavy atom. The zero-order chi connectivity index (χ0) is 15.6. The SMILES string of the molecule is FC(F)(F)c1cccc(Oc2cnn(CC3CCCN3)c2)c1. The molecule has 1 N–H and O–H groups in total. The predicted molar refractivity (Wildman–Crippen MR) is 74.8 cm³/mol. The zero-order valence-corrected chi connectivity index (χ0v) is 11.8. The highest BCUT2D eigenvalue weighted by Gasteiger charge is 2.30. The molecule has 1 aromatic carbocycles. The van der Waals surface area contributed by atoms with Gasteiger partial charge in [-0.05, 0) is 37.6 Å². The van der Waals surface area contributed by atoms with Crippen LogP contribution in [0.15, 0.2) is 36.7 Å². The molecule has 1 fully saturated rings. The van der Waals surface area contributed by atoms with Crippen LogP contribution in [0.1, 0.15) is 18.4 Å². The highest BCUT2D eigenvalue weighted by Crippen LogP contribution is 2.32. The van der Waals surface area contributed by atoms with E-state index < -0.39 is 11.7 Å². The lowest BCUT2D eigenvalue weighted by Gasteiger charge is -2.10. The van der Waals surface area contributed by atoms with Gasteiger partial charge in [0.2, 0.25) is 0 Å². The molecule has 1 unspecified atom stereocenters. The van der Waals surface area contributed by atoms with Gasteiger partial charge >= 0.3 is 6.18 Å². The number of ether oxygens (including phenoxy) is 1. The van der Waals surface area contributed by atoms with Crippen molar-refractivity contribution >= 4 is 0 Å². The molecule has 2 aromatic rings. The minimum Gasteiger partial charge on any atom is -0.454 e. The third kappa shape index (κ3) is 3.59. The minimum absolute atomic E-state index is 0.147. The van der Waals surface area contributed by atoms with Crippen molar-refractivity contribution in [1.82, 2.24) is 15.1 Å². The lowest BCUT2D eigenvalue weighted by molar-refractivity contribution is -0.137. The van der Waals surface area contributed by atoms with Gasteiger partial charge in [-0.1, -0.05) is 6.07 Å². The average Bonchev–Trinajstić information content (AvgIpc) is 3.11. The van der Waals surface area contributed by atoms with Crippen LogP contribution in [0.25, 0.3) is 0 Å². The van der Waals surface area contributed by atoms with Crippen molar-refractivity contribution in [2.24, 2.45) is 0 Å². The Morgan fingerprint density at radius 3 is 2.91 bits per heavy atom. The molecule has 3 rings (SSSR count). The van der Waals surface area contributed by atoms with Gasteiger partial charge in [-0.3, -0.25) is 4.68 Å². The summed E-state index contributed by atoms with van der Waals surface area (Å²) in [5.74, 6) is 0.575. The fraction of sp³-hybridized carbons (Fsp3) is 0.400. The van der Waals surface area contributed by atoms with E-state index in [0.29, 0.717) is 11.8 Å². The molecule has 0 aliphatic carbocycles. The van der Waals surface area contributed by atoms with Gasteiger partial charge in [-0.25, -0.2) is 0 Å². The van der Waals surface area contributed by atoms with Crippen molar-refractivity contribution in [3.05, 3.63) is 42.2 Å². The van der Waals surface area contributed by atoms with Gasteiger partial charge < -0.3 is 10.1 Å². The second-order valence-corrected chi connectivity index (χ2v) is 5.32. The number of hydrogen-bond acceptors (Lipinski definition) is 3. The van der Waals surface area contributed by atoms with Gasteiger partial charge in [0.05, 0.1) is 24.5 Å². The van der Waals surface area contributed by atoms with E-state index in [1.54, 1.807) is 10.9 Å². The molecule has 0 spiro atoms. The van der Waals surface area contributed by atoms with Crippen molar-refractivity contribution in [2.75, 3.05) is 6.54 Å². The quantitative estimate of drug-likeness (QED) is 0.940. The Morgan fingerprint density at radius 1 is 1.32 bits per heavy atom. The van der Waals surface area contributed by atoms with Crippen molar-refractivity contribution in [3.63, 3.8) is 0 Å². The number of nitrogens with zero attached hydrogens (tertiary/aromatic N) is 2. The first-order valence-corrected chi connectivity index (χ1v) is 7.12. The number of alkyl halides is 3. The van der Waals surface area contributed by atoms with Crippen LogP contribution in [0.2, 0.25) is 0 Å². The molecule has 4 nitrogen and oxygen atoms in total. The molecule has 0 amide bonds. The Kier molecular flexibility index (Phi) is 4.06. The molecular weight excluding hydrogens is 295 g/mol. The molecule has 1 aliphatic heterocycles. The zero-order valence-electron chi connectivity index (χ0n) is 11.8. The molecule has 0 saturated carbocycles. The summed E-state index contributed by atoms with van der Waals surface area (Å²) in [5.41, 5.74) is -0.729. The maximum Gasteiger partial charge on any atom is 0.416 e. The van der Waals surface area contributed by atoms with Crippen LogP contribution in [0.3, 0.4) is 0 Å². The van der Waals surface area contributed by atoms with Crippen molar-refractivity contribution < 1.29 is 17.9 Å². The Labute approximate surface area is 125 Å². The molecule has 1 saturated heterocycles. The van der Waals surface area contributed by atoms with E-state index in [2.05, 4.69) is 10.4 Å². The molecule has 22 heavy (non-hydrogen) atoms. The molecule has 1 aliphatic rings. The van der Waals surface area contributed by atoms with E-state index in [1.807, 2.05) is 0 Å². The van der Waals surface area contributed by atoms with E-state index in [0.717, 1.165) is 38.1 Å². The summed E-state index contributed by atoms with van der Waals surface area (Å²) in [6, 6.07) is 5.20. The van der Waals surface area contributed by atoms with Crippen LogP contribution < -0.4 is 10.1 Å². The standard InChI is InChI=1S/C15H16F3N3O/c16-15(17,18)11-3-1-5-13(7-11)22-14-8-20-21(10-14)9-12-4-2-6-19-12/h1,3,5,7-8,10,12,19H,2,4,6,9H2. The van der Waals surface area contributed by atoms with Gasteiger partial charge in [0, 0.05) is 6.04 Å². The normalized spacial score (nSPS) is 18.6. The van der Waals surface area contributed by atoms with E-state index in [1.165, 1.54) is 18.3 Å². The monoisotopic (exact) mass is 311 g/mol. The first kappa shape index (κ1) is 14.9. The highest BCUT2D eigenvalue weighted by molar-refractivity contribution is 5.33. The maximum atomic E-state index is 12.7. The van der Waals surface area contributed by atoms with Crippen LogP contribution in [-0.2, 0) is 12.7 Å². The van der Waals surface area contributed by atoms with Gasteiger partial charge in [-0.2, -0.15) is 18.3 Å². The number of nitrogens with one attached hydrogen (secondary N) is 1. The highest BCUT2D eigenvalue weighted by atomic mass is 19.4. The number of halogens is 3. The smallest absolute Gasteiger partial charge is 0.416 e. The maximum absolute atomic E-state index is 12.7. The summed E-state index contributed by atoms with van der Waals surface area (Å²) >= 11 is 0. The van der Waals surface area contributed by atoms with Crippen LogP contribution >= 0.6 is 0 Å². The Balaban J connectivity index is 1.67. The van der Waals surface area contributed by atoms with Gasteiger partial charge in [0.25, 0.3) is 0 Å². The molecule has 0 bridgehead atoms. The second-order valence-electron chi connectivity index (χ2n) is 5.32. The molecule has 0 radical (unpaired) electrons. The summed E-state index contributed by atoms with van der Waals surface area (Å²) in [4.78, 5) is 0. The molecular formula is C15H16F3N3O. The van der Waals surface area contributed by atoms with Crippen molar-refractivity contribution in [1.29, 1.82) is 0 Å². The van der Waals surface area contributed by atoms with Gasteiger partial charge in [0.15, 0.2) is 5.75 Å². The van der Waals surface area contributed by atoms with E-state index >= 15 is 0 Å². The lowest BCUT2D eigenvalue weighted by atomic mass is 10.2. The minimum atomic E-state index is -4.38. The first-order chi connectivity index (χ1) is 10.5. The molecule has 7 heteroatoms. The number of hydrogen-bond donors (Lipinski definition) is 1. The molecule has 118 valence electrons. The summed E-state index contributed by atoms with van der Waals surface area (Å²) in [5, 5.41) is 7.54. The van der Waals surface area contributed by atoms with Gasteiger partial charge in [0.1, 0.15) is 5.75 Å². The number of aromatic nitrogens is 2. The molecule has 2 heterocycles. The topological polar surface area (TPSA) is 39.1 Å². The van der Waals surface area contributed by atoms with E-state index in [4.69, 9.17) is 4.74 Å². The summed E-state index contributed by atoms with van der Waals surface area (Å²) < 4.78 is 45.2. The van der Waals surface area contributed by atoms with E-state index in [-0.39, 0.29) is 5.75 Å². The van der Waals surface area contributed by atoms with Crippen LogP contribution in [0.5, 0.6) is 11.5 Å². The number of rotatable bonds is 4. The van der Waals surface area contributed by atoms with Crippen LogP contribution in [0.4, 0.5) is 13.2 Å². The Bertz CT molecular complexity index is 633. The van der Waals surface area contributed by atoms with E-state index in [9.17, 15) is 13.2 Å². The molecule has 1 aromatic heterocycles. The second kappa shape index (κ2) is 6.00. The van der Waals surface area contributed by atoms with Crippen LogP contribution in [-0.4, -0.2) is 22.4 Å². The third-order valence-corrected chi connectivity index (χ3v) is 3.58.